The molecule has 0 heterocycles. The lowest BCUT2D eigenvalue weighted by atomic mass is 10.1. The van der Waals surface area contributed by atoms with Crippen molar-refractivity contribution in [3.05, 3.63) is 29.8 Å². The first-order valence-corrected chi connectivity index (χ1v) is 5.94. The van der Waals surface area contributed by atoms with Crippen molar-refractivity contribution >= 4 is 17.4 Å². The molecule has 0 saturated heterocycles. The maximum absolute atomic E-state index is 11.6. The van der Waals surface area contributed by atoms with E-state index in [2.05, 4.69) is 10.6 Å². The summed E-state index contributed by atoms with van der Waals surface area (Å²) in [7, 11) is 0. The van der Waals surface area contributed by atoms with Gasteiger partial charge in [-0.05, 0) is 52.0 Å². The molecule has 98 valence electrons. The van der Waals surface area contributed by atoms with Gasteiger partial charge >= 0.3 is 0 Å². The fraction of sp³-hybridized carbons (Fsp3) is 0.429. The van der Waals surface area contributed by atoms with Crippen molar-refractivity contribution in [1.29, 1.82) is 0 Å². The second-order valence-corrected chi connectivity index (χ2v) is 5.29. The van der Waals surface area contributed by atoms with Gasteiger partial charge < -0.3 is 10.6 Å². The van der Waals surface area contributed by atoms with E-state index in [0.29, 0.717) is 11.3 Å². The van der Waals surface area contributed by atoms with Gasteiger partial charge in [-0.2, -0.15) is 0 Å². The zero-order valence-corrected chi connectivity index (χ0v) is 11.3. The summed E-state index contributed by atoms with van der Waals surface area (Å²) in [5.74, 6) is -0.0808. The Morgan fingerprint density at radius 2 is 1.67 bits per heavy atom. The zero-order valence-electron chi connectivity index (χ0n) is 11.3. The molecule has 0 aliphatic rings. The molecule has 1 aromatic carbocycles. The van der Waals surface area contributed by atoms with Crippen LogP contribution < -0.4 is 10.6 Å². The Balaban J connectivity index is 2.52. The third-order valence-electron chi connectivity index (χ3n) is 2.35. The molecular formula is C14H20N2O2. The van der Waals surface area contributed by atoms with Crippen molar-refractivity contribution in [2.75, 3.05) is 11.9 Å². The second kappa shape index (κ2) is 5.78. The molecule has 1 amide bonds. The highest BCUT2D eigenvalue weighted by atomic mass is 16.2. The predicted octanol–water partition coefficient (Wildman–Crippen LogP) is 2.22. The smallest absolute Gasteiger partial charge is 0.238 e. The Morgan fingerprint density at radius 3 is 2.11 bits per heavy atom. The molecule has 0 unspecified atom stereocenters. The van der Waals surface area contributed by atoms with E-state index in [4.69, 9.17) is 0 Å². The third kappa shape index (κ3) is 5.10. The number of carbonyl (C=O) groups is 2. The lowest BCUT2D eigenvalue weighted by molar-refractivity contribution is -0.115. The van der Waals surface area contributed by atoms with Crippen LogP contribution in [0.5, 0.6) is 0 Å². The van der Waals surface area contributed by atoms with Crippen molar-refractivity contribution in [3.63, 3.8) is 0 Å². The minimum absolute atomic E-state index is 0.0160. The highest BCUT2D eigenvalue weighted by molar-refractivity contribution is 5.96. The van der Waals surface area contributed by atoms with Crippen molar-refractivity contribution in [3.8, 4) is 0 Å². The first-order valence-electron chi connectivity index (χ1n) is 5.94. The van der Waals surface area contributed by atoms with Gasteiger partial charge in [0, 0.05) is 16.8 Å². The molecule has 4 heteroatoms. The normalized spacial score (nSPS) is 11.1. The van der Waals surface area contributed by atoms with Crippen LogP contribution in [0.4, 0.5) is 5.69 Å². The van der Waals surface area contributed by atoms with E-state index in [1.807, 2.05) is 20.8 Å². The molecule has 1 aromatic rings. The summed E-state index contributed by atoms with van der Waals surface area (Å²) in [6.07, 6.45) is 0. The first kappa shape index (κ1) is 14.4. The number of Topliss-reactive ketones (excluding diaryl/α,β-unsaturated/α-hetero) is 1. The molecule has 0 atom stereocenters. The number of hydrogen-bond donors (Lipinski definition) is 2. The van der Waals surface area contributed by atoms with Gasteiger partial charge in [-0.3, -0.25) is 9.59 Å². The van der Waals surface area contributed by atoms with Crippen LogP contribution in [0.2, 0.25) is 0 Å². The second-order valence-electron chi connectivity index (χ2n) is 5.29. The number of ketones is 1. The summed E-state index contributed by atoms with van der Waals surface area (Å²) < 4.78 is 0. The molecule has 0 aliphatic heterocycles. The fourth-order valence-electron chi connectivity index (χ4n) is 1.34. The Hall–Kier alpha value is -1.68. The van der Waals surface area contributed by atoms with E-state index in [-0.39, 0.29) is 23.8 Å². The fourth-order valence-corrected chi connectivity index (χ4v) is 1.34. The molecule has 0 bridgehead atoms. The van der Waals surface area contributed by atoms with Crippen LogP contribution in [0.1, 0.15) is 38.1 Å². The highest BCUT2D eigenvalue weighted by Crippen LogP contribution is 2.09. The molecule has 0 fully saturated rings. The molecule has 1 rings (SSSR count). The highest BCUT2D eigenvalue weighted by Gasteiger charge is 2.11. The molecule has 0 spiro atoms. The Labute approximate surface area is 108 Å². The Morgan fingerprint density at radius 1 is 1.11 bits per heavy atom. The van der Waals surface area contributed by atoms with Gasteiger partial charge in [-0.1, -0.05) is 0 Å². The summed E-state index contributed by atoms with van der Waals surface area (Å²) in [6.45, 7) is 7.78. The average Bonchev–Trinajstić information content (AvgIpc) is 2.26. The summed E-state index contributed by atoms with van der Waals surface area (Å²) in [5.41, 5.74) is 1.25. The van der Waals surface area contributed by atoms with E-state index in [1.54, 1.807) is 24.3 Å². The Kier molecular flexibility index (Phi) is 4.62. The van der Waals surface area contributed by atoms with E-state index in [9.17, 15) is 9.59 Å². The molecule has 0 aliphatic carbocycles. The third-order valence-corrected chi connectivity index (χ3v) is 2.35. The number of carbonyl (C=O) groups excluding carboxylic acids is 2. The van der Waals surface area contributed by atoms with Crippen LogP contribution >= 0.6 is 0 Å². The summed E-state index contributed by atoms with van der Waals surface area (Å²) in [6, 6.07) is 6.86. The van der Waals surface area contributed by atoms with E-state index in [1.165, 1.54) is 6.92 Å². The predicted molar refractivity (Wildman–Crippen MR) is 72.8 cm³/mol. The number of amides is 1. The molecule has 2 N–H and O–H groups in total. The van der Waals surface area contributed by atoms with Gasteiger partial charge in [-0.15, -0.1) is 0 Å². The molecule has 18 heavy (non-hydrogen) atoms. The maximum atomic E-state index is 11.6. The van der Waals surface area contributed by atoms with Gasteiger partial charge in [0.25, 0.3) is 0 Å². The van der Waals surface area contributed by atoms with Crippen LogP contribution in [0.25, 0.3) is 0 Å². The zero-order chi connectivity index (χ0) is 13.8. The van der Waals surface area contributed by atoms with Crippen LogP contribution in [0, 0.1) is 0 Å². The largest absolute Gasteiger partial charge is 0.325 e. The number of anilines is 1. The summed E-state index contributed by atoms with van der Waals surface area (Å²) in [5, 5.41) is 5.87. The van der Waals surface area contributed by atoms with Crippen LogP contribution in [-0.2, 0) is 4.79 Å². The standard InChI is InChI=1S/C14H20N2O2/c1-10(17)11-5-7-12(8-6-11)16-13(18)9-15-14(2,3)4/h5-8,15H,9H2,1-4H3,(H,16,18). The van der Waals surface area contributed by atoms with Gasteiger partial charge in [-0.25, -0.2) is 0 Å². The van der Waals surface area contributed by atoms with Crippen molar-refractivity contribution in [2.24, 2.45) is 0 Å². The van der Waals surface area contributed by atoms with Gasteiger partial charge in [0.2, 0.25) is 5.91 Å². The lowest BCUT2D eigenvalue weighted by Crippen LogP contribution is -2.41. The van der Waals surface area contributed by atoms with Crippen molar-refractivity contribution in [1.82, 2.24) is 5.32 Å². The lowest BCUT2D eigenvalue weighted by Gasteiger charge is -2.20. The summed E-state index contributed by atoms with van der Waals surface area (Å²) in [4.78, 5) is 22.7. The van der Waals surface area contributed by atoms with E-state index >= 15 is 0 Å². The SMILES string of the molecule is CC(=O)c1ccc(NC(=O)CNC(C)(C)C)cc1. The van der Waals surface area contributed by atoms with Gasteiger partial charge in [0.15, 0.2) is 5.78 Å². The first-order chi connectivity index (χ1) is 8.28. The molecule has 0 saturated carbocycles. The van der Waals surface area contributed by atoms with E-state index in [0.717, 1.165) is 0 Å². The minimum Gasteiger partial charge on any atom is -0.325 e. The van der Waals surface area contributed by atoms with Crippen LogP contribution in [0.3, 0.4) is 0 Å². The van der Waals surface area contributed by atoms with E-state index < -0.39 is 0 Å². The number of rotatable bonds is 4. The topological polar surface area (TPSA) is 58.2 Å². The molecule has 4 nitrogen and oxygen atoms in total. The minimum atomic E-state index is -0.0968. The molecular weight excluding hydrogens is 228 g/mol. The quantitative estimate of drug-likeness (QED) is 0.803. The van der Waals surface area contributed by atoms with Crippen LogP contribution in [-0.4, -0.2) is 23.8 Å². The van der Waals surface area contributed by atoms with Gasteiger partial charge in [0.1, 0.15) is 0 Å². The monoisotopic (exact) mass is 248 g/mol. The number of benzene rings is 1. The average molecular weight is 248 g/mol. The maximum Gasteiger partial charge on any atom is 0.238 e. The number of nitrogens with one attached hydrogen (secondary N) is 2. The van der Waals surface area contributed by atoms with Gasteiger partial charge in [0.05, 0.1) is 6.54 Å². The van der Waals surface area contributed by atoms with Crippen molar-refractivity contribution < 1.29 is 9.59 Å². The molecule has 0 radical (unpaired) electrons. The van der Waals surface area contributed by atoms with Crippen LogP contribution in [0.15, 0.2) is 24.3 Å². The Bertz CT molecular complexity index is 430. The summed E-state index contributed by atoms with van der Waals surface area (Å²) >= 11 is 0. The molecule has 0 aromatic heterocycles. The van der Waals surface area contributed by atoms with Crippen molar-refractivity contribution in [2.45, 2.75) is 33.2 Å². The number of hydrogen-bond acceptors (Lipinski definition) is 3.